The summed E-state index contributed by atoms with van der Waals surface area (Å²) >= 11 is 0. The van der Waals surface area contributed by atoms with Crippen molar-refractivity contribution >= 4 is 11.8 Å². The summed E-state index contributed by atoms with van der Waals surface area (Å²) in [4.78, 5) is 0. The summed E-state index contributed by atoms with van der Waals surface area (Å²) in [6, 6.07) is 27.0. The minimum atomic E-state index is -0.724. The van der Waals surface area contributed by atoms with Gasteiger partial charge in [-0.05, 0) is 41.5 Å². The molecule has 1 aromatic heterocycles. The van der Waals surface area contributed by atoms with Gasteiger partial charge in [-0.2, -0.15) is 0 Å². The number of imidazole rings is 1. The van der Waals surface area contributed by atoms with Gasteiger partial charge in [0, 0.05) is 5.69 Å². The van der Waals surface area contributed by atoms with Crippen molar-refractivity contribution < 1.29 is 8.96 Å². The predicted octanol–water partition coefficient (Wildman–Crippen LogP) is 5.06. The minimum Gasteiger partial charge on any atom is -0.362 e. The SMILES string of the molecule is Cn1cc[n+](C)c1C(C=Cc1ccccc1)(Nc1ccccc1)c1ccc(F)cc1. The van der Waals surface area contributed by atoms with Gasteiger partial charge in [0.15, 0.2) is 5.54 Å². The molecule has 0 saturated heterocycles. The highest BCUT2D eigenvalue weighted by Crippen LogP contribution is 2.34. The van der Waals surface area contributed by atoms with Crippen LogP contribution in [0.3, 0.4) is 0 Å². The first kappa shape index (κ1) is 19.6. The molecule has 0 amide bonds. The molecule has 4 rings (SSSR count). The Morgan fingerprint density at radius 2 is 1.53 bits per heavy atom. The highest BCUT2D eigenvalue weighted by molar-refractivity contribution is 5.59. The Labute approximate surface area is 176 Å². The highest BCUT2D eigenvalue weighted by Gasteiger charge is 2.41. The number of hydrogen-bond donors (Lipinski definition) is 1. The van der Waals surface area contributed by atoms with E-state index in [1.54, 1.807) is 0 Å². The van der Waals surface area contributed by atoms with Gasteiger partial charge in [0.05, 0.1) is 14.1 Å². The molecular formula is C26H25FN3+. The zero-order valence-electron chi connectivity index (χ0n) is 17.2. The fourth-order valence-electron chi connectivity index (χ4n) is 3.86. The maximum atomic E-state index is 13.8. The summed E-state index contributed by atoms with van der Waals surface area (Å²) in [5.74, 6) is 0.765. The van der Waals surface area contributed by atoms with Crippen molar-refractivity contribution in [1.82, 2.24) is 4.57 Å². The van der Waals surface area contributed by atoms with Crippen molar-refractivity contribution in [3.05, 3.63) is 126 Å². The third kappa shape index (κ3) is 3.90. The fraction of sp³-hybridized carbons (Fsp3) is 0.115. The van der Waals surface area contributed by atoms with E-state index in [0.29, 0.717) is 0 Å². The Bertz CT molecular complexity index is 1110. The lowest BCUT2D eigenvalue weighted by atomic mass is 9.86. The zero-order chi connectivity index (χ0) is 21.0. The highest BCUT2D eigenvalue weighted by atomic mass is 19.1. The largest absolute Gasteiger partial charge is 0.362 e. The van der Waals surface area contributed by atoms with E-state index in [2.05, 4.69) is 38.7 Å². The Kier molecular flexibility index (Phi) is 5.48. The van der Waals surface area contributed by atoms with Crippen LogP contribution < -0.4 is 9.88 Å². The average Bonchev–Trinajstić information content (AvgIpc) is 3.12. The maximum absolute atomic E-state index is 13.8. The van der Waals surface area contributed by atoms with Crippen LogP contribution >= 0.6 is 0 Å². The molecule has 3 aromatic carbocycles. The van der Waals surface area contributed by atoms with Crippen molar-refractivity contribution in [3.8, 4) is 0 Å². The third-order valence-electron chi connectivity index (χ3n) is 5.27. The fourth-order valence-corrected chi connectivity index (χ4v) is 3.86. The molecule has 0 fully saturated rings. The first-order chi connectivity index (χ1) is 14.6. The van der Waals surface area contributed by atoms with Gasteiger partial charge >= 0.3 is 0 Å². The molecule has 0 aliphatic carbocycles. The van der Waals surface area contributed by atoms with Crippen molar-refractivity contribution in [2.24, 2.45) is 14.1 Å². The van der Waals surface area contributed by atoms with Crippen LogP contribution in [0.15, 0.2) is 103 Å². The predicted molar refractivity (Wildman–Crippen MR) is 119 cm³/mol. The number of para-hydroxylation sites is 1. The van der Waals surface area contributed by atoms with Crippen LogP contribution in [-0.4, -0.2) is 4.57 Å². The van der Waals surface area contributed by atoms with Gasteiger partial charge in [0.25, 0.3) is 5.82 Å². The lowest BCUT2D eigenvalue weighted by Gasteiger charge is -2.31. The molecular weight excluding hydrogens is 373 g/mol. The van der Waals surface area contributed by atoms with Crippen LogP contribution in [-0.2, 0) is 19.6 Å². The van der Waals surface area contributed by atoms with Gasteiger partial charge in [0.1, 0.15) is 18.2 Å². The number of hydrogen-bond acceptors (Lipinski definition) is 1. The number of nitrogens with one attached hydrogen (secondary N) is 1. The van der Waals surface area contributed by atoms with E-state index in [-0.39, 0.29) is 5.82 Å². The number of benzene rings is 3. The van der Waals surface area contributed by atoms with Gasteiger partial charge in [-0.3, -0.25) is 0 Å². The van der Waals surface area contributed by atoms with Crippen LogP contribution in [0.5, 0.6) is 0 Å². The Morgan fingerprint density at radius 1 is 0.900 bits per heavy atom. The molecule has 0 bridgehead atoms. The Hall–Kier alpha value is -3.66. The molecule has 1 heterocycles. The molecule has 1 unspecified atom stereocenters. The topological polar surface area (TPSA) is 20.8 Å². The lowest BCUT2D eigenvalue weighted by molar-refractivity contribution is -0.681. The van der Waals surface area contributed by atoms with Crippen LogP contribution in [0, 0.1) is 5.82 Å². The quantitative estimate of drug-likeness (QED) is 0.451. The van der Waals surface area contributed by atoms with E-state index >= 15 is 0 Å². The molecule has 0 aliphatic rings. The smallest absolute Gasteiger partial charge is 0.291 e. The lowest BCUT2D eigenvalue weighted by Crippen LogP contribution is -2.47. The number of halogens is 1. The molecule has 4 heteroatoms. The normalized spacial score (nSPS) is 13.3. The first-order valence-electron chi connectivity index (χ1n) is 9.93. The zero-order valence-corrected chi connectivity index (χ0v) is 17.2. The molecule has 1 atom stereocenters. The maximum Gasteiger partial charge on any atom is 0.291 e. The van der Waals surface area contributed by atoms with Crippen LogP contribution in [0.2, 0.25) is 0 Å². The summed E-state index contributed by atoms with van der Waals surface area (Å²) in [5, 5.41) is 3.73. The Morgan fingerprint density at radius 3 is 2.13 bits per heavy atom. The number of aryl methyl sites for hydroxylation is 2. The third-order valence-corrected chi connectivity index (χ3v) is 5.27. The second-order valence-corrected chi connectivity index (χ2v) is 7.39. The van der Waals surface area contributed by atoms with E-state index in [0.717, 1.165) is 22.6 Å². The van der Waals surface area contributed by atoms with E-state index in [1.807, 2.05) is 87.2 Å². The molecule has 3 nitrogen and oxygen atoms in total. The molecule has 0 spiro atoms. The number of anilines is 1. The van der Waals surface area contributed by atoms with E-state index in [9.17, 15) is 4.39 Å². The van der Waals surface area contributed by atoms with E-state index < -0.39 is 5.54 Å². The summed E-state index contributed by atoms with van der Waals surface area (Å²) in [7, 11) is 4.05. The monoisotopic (exact) mass is 398 g/mol. The van der Waals surface area contributed by atoms with Crippen LogP contribution in [0.1, 0.15) is 17.0 Å². The number of rotatable bonds is 6. The van der Waals surface area contributed by atoms with Gasteiger partial charge in [0.2, 0.25) is 0 Å². The van der Waals surface area contributed by atoms with Gasteiger partial charge in [-0.25, -0.2) is 13.5 Å². The summed E-state index contributed by atoms with van der Waals surface area (Å²) in [6.45, 7) is 0. The van der Waals surface area contributed by atoms with Gasteiger partial charge in [-0.1, -0.05) is 66.7 Å². The van der Waals surface area contributed by atoms with Crippen molar-refractivity contribution in [2.45, 2.75) is 5.54 Å². The molecule has 0 radical (unpaired) electrons. The molecule has 0 aliphatic heterocycles. The van der Waals surface area contributed by atoms with E-state index in [4.69, 9.17) is 0 Å². The van der Waals surface area contributed by atoms with Crippen LogP contribution in [0.25, 0.3) is 6.08 Å². The second-order valence-electron chi connectivity index (χ2n) is 7.39. The van der Waals surface area contributed by atoms with Gasteiger partial charge in [-0.15, -0.1) is 0 Å². The molecule has 1 N–H and O–H groups in total. The van der Waals surface area contributed by atoms with Crippen molar-refractivity contribution in [3.63, 3.8) is 0 Å². The summed E-state index contributed by atoms with van der Waals surface area (Å²) in [6.07, 6.45) is 8.30. The molecule has 4 aromatic rings. The number of aromatic nitrogens is 2. The Balaban J connectivity index is 1.96. The number of nitrogens with zero attached hydrogens (tertiary/aromatic N) is 2. The summed E-state index contributed by atoms with van der Waals surface area (Å²) in [5.41, 5.74) is 2.28. The standard InChI is InChI=1S/C26H25FN3/c1-29-19-20-30(2)25(29)26(22-13-15-23(27)16-14-22,28-24-11-7-4-8-12-24)18-17-21-9-5-3-6-10-21/h3-20,28H,1-2H3/q+1. The van der Waals surface area contributed by atoms with Crippen molar-refractivity contribution in [1.29, 1.82) is 0 Å². The minimum absolute atomic E-state index is 0.254. The van der Waals surface area contributed by atoms with E-state index in [1.165, 1.54) is 12.1 Å². The first-order valence-corrected chi connectivity index (χ1v) is 9.93. The summed E-state index contributed by atoms with van der Waals surface area (Å²) < 4.78 is 18.0. The molecule has 30 heavy (non-hydrogen) atoms. The van der Waals surface area contributed by atoms with Crippen LogP contribution in [0.4, 0.5) is 10.1 Å². The van der Waals surface area contributed by atoms with Gasteiger partial charge < -0.3 is 5.32 Å². The second kappa shape index (κ2) is 8.37. The van der Waals surface area contributed by atoms with Crippen molar-refractivity contribution in [2.75, 3.05) is 5.32 Å². The average molecular weight is 399 g/mol. The molecule has 150 valence electrons. The molecule has 0 saturated carbocycles.